The Labute approximate surface area is 216 Å². The Morgan fingerprint density at radius 2 is 1.39 bits per heavy atom. The van der Waals surface area contributed by atoms with Crippen molar-refractivity contribution >= 4 is 40.3 Å². The van der Waals surface area contributed by atoms with Crippen LogP contribution in [0.1, 0.15) is 30.5 Å². The van der Waals surface area contributed by atoms with Crippen molar-refractivity contribution in [1.29, 1.82) is 0 Å². The standard InChI is InChI=1S/C29H30N2O4S/c1-6-19-8-12-22(13-9-19)30-29-31(23-14-10-20(7-2)11-15-23)28(32)26(36-29)18-21-16-24(33-3)27(35-5)25(17-21)34-4/h8-18H,6-7H2,1-5H3/b26-18+,30-29?. The van der Waals surface area contributed by atoms with E-state index in [-0.39, 0.29) is 5.91 Å². The molecule has 0 spiro atoms. The first-order chi connectivity index (χ1) is 17.5. The molecule has 1 saturated heterocycles. The van der Waals surface area contributed by atoms with E-state index in [1.165, 1.54) is 22.9 Å². The van der Waals surface area contributed by atoms with Crippen LogP contribution in [0, 0.1) is 0 Å². The third kappa shape index (κ3) is 5.26. The number of hydrogen-bond donors (Lipinski definition) is 0. The Kier molecular flexibility index (Phi) is 8.00. The number of methoxy groups -OCH3 is 3. The molecule has 1 amide bonds. The minimum Gasteiger partial charge on any atom is -0.493 e. The molecule has 4 rings (SSSR count). The van der Waals surface area contributed by atoms with Gasteiger partial charge in [-0.05, 0) is 83.8 Å². The van der Waals surface area contributed by atoms with Gasteiger partial charge >= 0.3 is 0 Å². The fourth-order valence-corrected chi connectivity index (χ4v) is 4.91. The van der Waals surface area contributed by atoms with E-state index in [2.05, 4.69) is 26.0 Å². The van der Waals surface area contributed by atoms with Crippen molar-refractivity contribution in [2.45, 2.75) is 26.7 Å². The average molecular weight is 503 g/mol. The van der Waals surface area contributed by atoms with Crippen LogP contribution in [-0.2, 0) is 17.6 Å². The van der Waals surface area contributed by atoms with Crippen LogP contribution in [0.5, 0.6) is 17.2 Å². The van der Waals surface area contributed by atoms with E-state index in [1.54, 1.807) is 26.2 Å². The Morgan fingerprint density at radius 3 is 1.89 bits per heavy atom. The number of amides is 1. The third-order valence-electron chi connectivity index (χ3n) is 5.96. The molecule has 3 aromatic rings. The van der Waals surface area contributed by atoms with Crippen LogP contribution in [0.4, 0.5) is 11.4 Å². The fourth-order valence-electron chi connectivity index (χ4n) is 3.91. The number of carbonyl (C=O) groups excluding carboxylic acids is 1. The zero-order chi connectivity index (χ0) is 25.7. The monoisotopic (exact) mass is 502 g/mol. The van der Waals surface area contributed by atoms with Gasteiger partial charge in [-0.1, -0.05) is 38.1 Å². The van der Waals surface area contributed by atoms with Crippen molar-refractivity contribution in [2.24, 2.45) is 4.99 Å². The van der Waals surface area contributed by atoms with Crippen LogP contribution in [0.15, 0.2) is 70.6 Å². The summed E-state index contributed by atoms with van der Waals surface area (Å²) in [6, 6.07) is 19.8. The molecule has 0 bridgehead atoms. The van der Waals surface area contributed by atoms with Crippen molar-refractivity contribution < 1.29 is 19.0 Å². The van der Waals surface area contributed by atoms with Crippen LogP contribution in [0.25, 0.3) is 6.08 Å². The lowest BCUT2D eigenvalue weighted by Gasteiger charge is -2.16. The molecule has 6 nitrogen and oxygen atoms in total. The Morgan fingerprint density at radius 1 is 0.833 bits per heavy atom. The molecule has 0 unspecified atom stereocenters. The maximum absolute atomic E-state index is 13.7. The third-order valence-corrected chi connectivity index (χ3v) is 6.93. The molecule has 0 N–H and O–H groups in total. The SMILES string of the molecule is CCc1ccc(N=C2S/C(=C/c3cc(OC)c(OC)c(OC)c3)C(=O)N2c2ccc(CC)cc2)cc1. The van der Waals surface area contributed by atoms with E-state index >= 15 is 0 Å². The van der Waals surface area contributed by atoms with Crippen LogP contribution in [0.2, 0.25) is 0 Å². The number of amidine groups is 1. The number of ether oxygens (including phenoxy) is 3. The lowest BCUT2D eigenvalue weighted by Crippen LogP contribution is -2.28. The van der Waals surface area contributed by atoms with Gasteiger partial charge < -0.3 is 14.2 Å². The molecule has 1 heterocycles. The van der Waals surface area contributed by atoms with Gasteiger partial charge in [0.15, 0.2) is 16.7 Å². The summed E-state index contributed by atoms with van der Waals surface area (Å²) in [5.41, 5.74) is 4.78. The number of aliphatic imine (C=N–C) groups is 1. The second-order valence-corrected chi connectivity index (χ2v) is 9.15. The molecular formula is C29H30N2O4S. The van der Waals surface area contributed by atoms with Gasteiger partial charge in [-0.3, -0.25) is 9.69 Å². The fraction of sp³-hybridized carbons (Fsp3) is 0.241. The Balaban J connectivity index is 1.78. The van der Waals surface area contributed by atoms with Gasteiger partial charge in [0.1, 0.15) is 0 Å². The molecule has 0 saturated carbocycles. The lowest BCUT2D eigenvalue weighted by atomic mass is 10.1. The van der Waals surface area contributed by atoms with Crippen molar-refractivity contribution in [2.75, 3.05) is 26.2 Å². The number of hydrogen-bond acceptors (Lipinski definition) is 6. The molecule has 3 aromatic carbocycles. The number of thioether (sulfide) groups is 1. The smallest absolute Gasteiger partial charge is 0.271 e. The molecular weight excluding hydrogens is 472 g/mol. The summed E-state index contributed by atoms with van der Waals surface area (Å²) in [6.45, 7) is 4.23. The van der Waals surface area contributed by atoms with Crippen molar-refractivity contribution in [1.82, 2.24) is 0 Å². The summed E-state index contributed by atoms with van der Waals surface area (Å²) in [5.74, 6) is 1.41. The van der Waals surface area contributed by atoms with Gasteiger partial charge in [0, 0.05) is 0 Å². The Bertz CT molecular complexity index is 1270. The summed E-state index contributed by atoms with van der Waals surface area (Å²) in [6.07, 6.45) is 3.72. The second-order valence-electron chi connectivity index (χ2n) is 8.14. The maximum atomic E-state index is 13.7. The summed E-state index contributed by atoms with van der Waals surface area (Å²) in [7, 11) is 4.70. The van der Waals surface area contributed by atoms with E-state index < -0.39 is 0 Å². The minimum atomic E-state index is -0.137. The highest BCUT2D eigenvalue weighted by Gasteiger charge is 2.35. The first-order valence-corrected chi connectivity index (χ1v) is 12.6. The highest BCUT2D eigenvalue weighted by Crippen LogP contribution is 2.41. The first kappa shape index (κ1) is 25.4. The first-order valence-electron chi connectivity index (χ1n) is 11.8. The quantitative estimate of drug-likeness (QED) is 0.323. The van der Waals surface area contributed by atoms with Crippen LogP contribution < -0.4 is 19.1 Å². The topological polar surface area (TPSA) is 60.4 Å². The van der Waals surface area contributed by atoms with E-state index in [4.69, 9.17) is 19.2 Å². The zero-order valence-corrected chi connectivity index (χ0v) is 22.0. The van der Waals surface area contributed by atoms with Gasteiger partial charge in [-0.2, -0.15) is 0 Å². The molecule has 36 heavy (non-hydrogen) atoms. The predicted molar refractivity (Wildman–Crippen MR) is 148 cm³/mol. The maximum Gasteiger partial charge on any atom is 0.271 e. The largest absolute Gasteiger partial charge is 0.493 e. The van der Waals surface area contributed by atoms with Gasteiger partial charge in [0.2, 0.25) is 5.75 Å². The van der Waals surface area contributed by atoms with Crippen molar-refractivity contribution in [3.63, 3.8) is 0 Å². The summed E-state index contributed by atoms with van der Waals surface area (Å²) in [5, 5.41) is 0.604. The second kappa shape index (κ2) is 11.4. The number of benzene rings is 3. The molecule has 1 aliphatic heterocycles. The van der Waals surface area contributed by atoms with E-state index in [0.29, 0.717) is 27.3 Å². The van der Waals surface area contributed by atoms with Crippen molar-refractivity contribution in [3.8, 4) is 17.2 Å². The molecule has 0 radical (unpaired) electrons. The van der Waals surface area contributed by atoms with Gasteiger partial charge in [-0.25, -0.2) is 4.99 Å². The van der Waals surface area contributed by atoms with Gasteiger partial charge in [0.05, 0.1) is 37.6 Å². The van der Waals surface area contributed by atoms with Crippen LogP contribution in [0.3, 0.4) is 0 Å². The number of aryl methyl sites for hydroxylation is 2. The van der Waals surface area contributed by atoms with Gasteiger partial charge in [-0.15, -0.1) is 0 Å². The van der Waals surface area contributed by atoms with Gasteiger partial charge in [0.25, 0.3) is 5.91 Å². The minimum absolute atomic E-state index is 0.137. The number of rotatable bonds is 8. The van der Waals surface area contributed by atoms with E-state index in [0.717, 1.165) is 29.8 Å². The molecule has 0 atom stereocenters. The average Bonchev–Trinajstić information content (AvgIpc) is 3.22. The number of nitrogens with zero attached hydrogens (tertiary/aromatic N) is 2. The molecule has 1 aliphatic rings. The summed E-state index contributed by atoms with van der Waals surface area (Å²) < 4.78 is 16.4. The molecule has 0 aromatic heterocycles. The van der Waals surface area contributed by atoms with Crippen LogP contribution >= 0.6 is 11.8 Å². The van der Waals surface area contributed by atoms with E-state index in [9.17, 15) is 4.79 Å². The summed E-state index contributed by atoms with van der Waals surface area (Å²) in [4.78, 5) is 20.7. The number of anilines is 1. The molecule has 7 heteroatoms. The highest BCUT2D eigenvalue weighted by molar-refractivity contribution is 8.19. The highest BCUT2D eigenvalue weighted by atomic mass is 32.2. The molecule has 1 fully saturated rings. The predicted octanol–water partition coefficient (Wildman–Crippen LogP) is 6.65. The number of carbonyl (C=O) groups is 1. The summed E-state index contributed by atoms with van der Waals surface area (Å²) >= 11 is 1.34. The van der Waals surface area contributed by atoms with Crippen LogP contribution in [-0.4, -0.2) is 32.4 Å². The molecule has 0 aliphatic carbocycles. The lowest BCUT2D eigenvalue weighted by molar-refractivity contribution is -0.113. The van der Waals surface area contributed by atoms with E-state index in [1.807, 2.05) is 54.6 Å². The normalized spacial score (nSPS) is 15.6. The Hall–Kier alpha value is -3.71. The molecule has 186 valence electrons. The zero-order valence-electron chi connectivity index (χ0n) is 21.2. The van der Waals surface area contributed by atoms with Crippen molar-refractivity contribution in [3.05, 3.63) is 82.3 Å².